The van der Waals surface area contributed by atoms with Gasteiger partial charge in [0, 0.05) is 37.6 Å². The molecule has 3 aromatic heterocycles. The molecule has 0 spiro atoms. The van der Waals surface area contributed by atoms with Gasteiger partial charge in [0.25, 0.3) is 5.91 Å². The lowest BCUT2D eigenvalue weighted by Crippen LogP contribution is -2.46. The van der Waals surface area contributed by atoms with Crippen LogP contribution in [-0.2, 0) is 6.42 Å². The van der Waals surface area contributed by atoms with Gasteiger partial charge in [-0.15, -0.1) is 0 Å². The molecule has 1 fully saturated rings. The van der Waals surface area contributed by atoms with Crippen molar-refractivity contribution in [2.45, 2.75) is 31.2 Å². The van der Waals surface area contributed by atoms with Crippen molar-refractivity contribution in [2.24, 2.45) is 0 Å². The molecular formula is C27H30F4N6O2. The zero-order valence-corrected chi connectivity index (χ0v) is 21.3. The highest BCUT2D eigenvalue weighted by molar-refractivity contribution is 5.92. The van der Waals surface area contributed by atoms with Crippen molar-refractivity contribution >= 4 is 22.8 Å². The number of hydrogen-bond donors (Lipinski definition) is 3. The Labute approximate surface area is 227 Å². The number of ether oxygens (including phenoxy) is 1. The lowest BCUT2D eigenvalue weighted by Gasteiger charge is -2.33. The summed E-state index contributed by atoms with van der Waals surface area (Å²) < 4.78 is 83.8. The molecule has 0 unspecified atom stereocenters. The monoisotopic (exact) mass is 549 g/mol. The summed E-state index contributed by atoms with van der Waals surface area (Å²) in [6, 6.07) is 7.07. The maximum Gasteiger partial charge on any atom is 0.394 e. The highest BCUT2D eigenvalue weighted by Crippen LogP contribution is 2.30. The highest BCUT2D eigenvalue weighted by Gasteiger charge is 2.32. The SMILES string of the molecule is [2H]C([2H])([2H])Oc1nc(C(=O)NC)ccc1NCC#Cc1cc2c(N[C@@H]3CCN(C)C[C@@H]3F)cccn2c1CC(F)(F)F. The number of fused-ring (bicyclic) bond motifs is 1. The number of carbonyl (C=O) groups excluding carboxylic acids is 1. The first-order chi connectivity index (χ1) is 19.7. The van der Waals surface area contributed by atoms with Gasteiger partial charge in [-0.05, 0) is 43.8 Å². The van der Waals surface area contributed by atoms with E-state index in [1.807, 2.05) is 11.9 Å². The van der Waals surface area contributed by atoms with E-state index in [1.54, 1.807) is 12.1 Å². The fourth-order valence-corrected chi connectivity index (χ4v) is 4.46. The quantitative estimate of drug-likeness (QED) is 0.308. The van der Waals surface area contributed by atoms with E-state index in [4.69, 9.17) is 8.85 Å². The number of pyridine rings is 2. The average molecular weight is 550 g/mol. The smallest absolute Gasteiger partial charge is 0.394 e. The molecule has 3 aromatic rings. The molecule has 8 nitrogen and oxygen atoms in total. The number of carbonyl (C=O) groups is 1. The first-order valence-electron chi connectivity index (χ1n) is 13.7. The molecule has 1 amide bonds. The van der Waals surface area contributed by atoms with Crippen molar-refractivity contribution in [1.29, 1.82) is 0 Å². The molecule has 0 aliphatic carbocycles. The maximum atomic E-state index is 14.7. The molecule has 0 bridgehead atoms. The maximum absolute atomic E-state index is 14.7. The number of aromatic nitrogens is 2. The molecule has 1 saturated heterocycles. The first-order valence-corrected chi connectivity index (χ1v) is 12.2. The summed E-state index contributed by atoms with van der Waals surface area (Å²) in [7, 11) is 0.369. The molecule has 4 heterocycles. The molecule has 4 rings (SSSR count). The van der Waals surface area contributed by atoms with Crippen LogP contribution < -0.4 is 20.7 Å². The summed E-state index contributed by atoms with van der Waals surface area (Å²) in [5.41, 5.74) is 1.04. The minimum absolute atomic E-state index is 0.0724. The Kier molecular flexibility index (Phi) is 7.30. The van der Waals surface area contributed by atoms with Gasteiger partial charge in [0.15, 0.2) is 0 Å². The number of amides is 1. The number of likely N-dealkylation sites (tertiary alicyclic amines) is 1. The predicted octanol–water partition coefficient (Wildman–Crippen LogP) is 3.73. The Morgan fingerprint density at radius 2 is 2.13 bits per heavy atom. The third-order valence-electron chi connectivity index (χ3n) is 6.38. The number of halogens is 4. The van der Waals surface area contributed by atoms with Crippen LogP contribution in [0.5, 0.6) is 5.88 Å². The summed E-state index contributed by atoms with van der Waals surface area (Å²) in [5, 5.41) is 8.38. The van der Waals surface area contributed by atoms with E-state index < -0.39 is 37.8 Å². The number of nitrogens with one attached hydrogen (secondary N) is 3. The van der Waals surface area contributed by atoms with Crippen LogP contribution in [0.3, 0.4) is 0 Å². The Morgan fingerprint density at radius 1 is 1.31 bits per heavy atom. The largest absolute Gasteiger partial charge is 0.480 e. The molecule has 2 atom stereocenters. The van der Waals surface area contributed by atoms with Gasteiger partial charge in [0.05, 0.1) is 47.0 Å². The molecule has 12 heteroatoms. The van der Waals surface area contributed by atoms with Crippen LogP contribution in [0.4, 0.5) is 28.9 Å². The van der Waals surface area contributed by atoms with E-state index in [2.05, 4.69) is 32.8 Å². The van der Waals surface area contributed by atoms with Crippen molar-refractivity contribution in [3.05, 3.63) is 53.5 Å². The molecular weight excluding hydrogens is 516 g/mol. The molecule has 1 aliphatic rings. The predicted molar refractivity (Wildman–Crippen MR) is 141 cm³/mol. The minimum Gasteiger partial charge on any atom is -0.480 e. The zero-order valence-electron chi connectivity index (χ0n) is 24.3. The molecule has 0 aromatic carbocycles. The lowest BCUT2D eigenvalue weighted by molar-refractivity contribution is -0.128. The minimum atomic E-state index is -4.51. The van der Waals surface area contributed by atoms with Crippen LogP contribution >= 0.6 is 0 Å². The van der Waals surface area contributed by atoms with Gasteiger partial charge in [-0.3, -0.25) is 4.79 Å². The summed E-state index contributed by atoms with van der Waals surface area (Å²) in [5.74, 6) is 4.61. The Hall–Kier alpha value is -3.98. The van der Waals surface area contributed by atoms with E-state index in [0.717, 1.165) is 0 Å². The van der Waals surface area contributed by atoms with Gasteiger partial charge in [-0.1, -0.05) is 11.8 Å². The van der Waals surface area contributed by atoms with Crippen LogP contribution in [0.2, 0.25) is 0 Å². The fraction of sp³-hybridized carbons (Fsp3) is 0.407. The fourth-order valence-electron chi connectivity index (χ4n) is 4.46. The lowest BCUT2D eigenvalue weighted by atomic mass is 10.0. The molecule has 39 heavy (non-hydrogen) atoms. The van der Waals surface area contributed by atoms with Crippen molar-refractivity contribution in [3.63, 3.8) is 0 Å². The van der Waals surface area contributed by atoms with Crippen molar-refractivity contribution < 1.29 is 31.2 Å². The number of methoxy groups -OCH3 is 1. The second-order valence-corrected chi connectivity index (χ2v) is 9.18. The Morgan fingerprint density at radius 3 is 2.85 bits per heavy atom. The third kappa shape index (κ3) is 6.72. The van der Waals surface area contributed by atoms with E-state index in [9.17, 15) is 22.4 Å². The molecule has 208 valence electrons. The Bertz CT molecular complexity index is 1500. The number of alkyl halides is 4. The second-order valence-electron chi connectivity index (χ2n) is 9.18. The second kappa shape index (κ2) is 11.8. The van der Waals surface area contributed by atoms with E-state index in [1.165, 1.54) is 35.8 Å². The van der Waals surface area contributed by atoms with E-state index >= 15 is 0 Å². The van der Waals surface area contributed by atoms with Gasteiger partial charge in [-0.25, -0.2) is 9.37 Å². The van der Waals surface area contributed by atoms with Crippen LogP contribution in [-0.4, -0.2) is 79.3 Å². The van der Waals surface area contributed by atoms with Crippen molar-refractivity contribution in [2.75, 3.05) is 51.4 Å². The number of hydrogen-bond acceptors (Lipinski definition) is 6. The Balaban J connectivity index is 1.61. The van der Waals surface area contributed by atoms with Crippen LogP contribution in [0.1, 0.15) is 32.3 Å². The number of anilines is 2. The average Bonchev–Trinajstić information content (AvgIpc) is 3.24. The van der Waals surface area contributed by atoms with Crippen LogP contribution in [0.25, 0.3) is 5.52 Å². The number of piperidine rings is 1. The van der Waals surface area contributed by atoms with E-state index in [-0.39, 0.29) is 41.6 Å². The van der Waals surface area contributed by atoms with Gasteiger partial charge in [-0.2, -0.15) is 13.2 Å². The zero-order chi connectivity index (χ0) is 30.7. The van der Waals surface area contributed by atoms with Gasteiger partial charge >= 0.3 is 6.18 Å². The molecule has 0 radical (unpaired) electrons. The van der Waals surface area contributed by atoms with Crippen LogP contribution in [0, 0.1) is 11.8 Å². The summed E-state index contributed by atoms with van der Waals surface area (Å²) in [4.78, 5) is 17.7. The van der Waals surface area contributed by atoms with Gasteiger partial charge in [0.2, 0.25) is 5.88 Å². The molecule has 1 aliphatic heterocycles. The van der Waals surface area contributed by atoms with Crippen molar-refractivity contribution in [3.8, 4) is 17.7 Å². The van der Waals surface area contributed by atoms with Gasteiger partial charge < -0.3 is 30.0 Å². The highest BCUT2D eigenvalue weighted by atomic mass is 19.4. The number of nitrogens with zero attached hydrogens (tertiary/aromatic N) is 3. The summed E-state index contributed by atoms with van der Waals surface area (Å²) in [6.07, 6.45) is -4.84. The first kappa shape index (κ1) is 24.1. The summed E-state index contributed by atoms with van der Waals surface area (Å²) in [6.45, 7) is 0.836. The number of rotatable bonds is 7. The normalized spacial score (nSPS) is 19.3. The van der Waals surface area contributed by atoms with Crippen LogP contribution in [0.15, 0.2) is 36.5 Å². The topological polar surface area (TPSA) is 82.9 Å². The van der Waals surface area contributed by atoms with E-state index in [0.29, 0.717) is 24.2 Å². The molecule has 0 saturated carbocycles. The molecule has 3 N–H and O–H groups in total. The van der Waals surface area contributed by atoms with Crippen molar-refractivity contribution in [1.82, 2.24) is 19.6 Å². The van der Waals surface area contributed by atoms with Gasteiger partial charge in [0.1, 0.15) is 11.9 Å². The third-order valence-corrected chi connectivity index (χ3v) is 6.38. The summed E-state index contributed by atoms with van der Waals surface area (Å²) >= 11 is 0. The standard InChI is InChI=1S/C27H30F4N6O2/c1-32-25(38)21-8-9-22(26(35-21)39-3)33-11-4-6-17-14-23-20(34-19-10-13-36(2)16-18(19)28)7-5-12-37(23)24(17)15-27(29,30)31/h5,7-9,12,14,18-19,33-34H,10-11,13,15-16H2,1-3H3,(H,32,38)/t18-,19+/m0/s1/i3D3.